The first-order valence-corrected chi connectivity index (χ1v) is 25.2. The maximum Gasteiger partial charge on any atom is 0.338 e. The summed E-state index contributed by atoms with van der Waals surface area (Å²) in [6.07, 6.45) is -11.2. The highest BCUT2D eigenvalue weighted by Gasteiger charge is 2.56. The zero-order valence-electron chi connectivity index (χ0n) is 41.7. The van der Waals surface area contributed by atoms with E-state index in [-0.39, 0.29) is 57.4 Å². The Kier molecular flexibility index (Phi) is 19.5. The fourth-order valence-electron chi connectivity index (χ4n) is 9.04. The van der Waals surface area contributed by atoms with Gasteiger partial charge in [-0.25, -0.2) is 9.59 Å². The van der Waals surface area contributed by atoms with E-state index in [1.807, 2.05) is 152 Å². The van der Waals surface area contributed by atoms with Crippen LogP contribution in [0, 0.1) is 0 Å². The Morgan fingerprint density at radius 3 is 1.11 bits per heavy atom. The van der Waals surface area contributed by atoms with Crippen molar-refractivity contribution < 1.29 is 61.7 Å². The SMILES string of the molecule is CO[C@H]1O[C@H](COCc2ccccc2)[C@@H](O[C@H]2O[C@H](COCc3ccccc3)[C@@H](OCc3ccccc3)[C@H](OCc3ccccc3)[C@@H]2OCc2ccccc2)[C@H](OC(=O)c2ccccc2)[C@H]1OC(=O)c1ccccc1. The molecule has 13 nitrogen and oxygen atoms in total. The molecule has 9 rings (SSSR count). The molecule has 2 aliphatic rings. The normalized spacial score (nSPS) is 23.5. The number of carbonyl (C=O) groups excluding carboxylic acids is 2. The van der Waals surface area contributed by atoms with Crippen LogP contribution in [-0.2, 0) is 85.1 Å². The second-order valence-electron chi connectivity index (χ2n) is 18.2. The molecule has 10 atom stereocenters. The highest BCUT2D eigenvalue weighted by Crippen LogP contribution is 2.37. The van der Waals surface area contributed by atoms with Crippen LogP contribution in [0.3, 0.4) is 0 Å². The van der Waals surface area contributed by atoms with Crippen LogP contribution in [0.4, 0.5) is 0 Å². The molecule has 0 radical (unpaired) electrons. The number of hydrogen-bond donors (Lipinski definition) is 0. The Balaban J connectivity index is 1.13. The maximum atomic E-state index is 14.4. The first kappa shape index (κ1) is 53.0. The summed E-state index contributed by atoms with van der Waals surface area (Å²) in [5.74, 6) is -1.41. The lowest BCUT2D eigenvalue weighted by Crippen LogP contribution is -2.66. The number of methoxy groups -OCH3 is 1. The third-order valence-corrected chi connectivity index (χ3v) is 12.9. The summed E-state index contributed by atoms with van der Waals surface area (Å²) in [4.78, 5) is 28.5. The lowest BCUT2D eigenvalue weighted by Gasteiger charge is -2.49. The monoisotopic (exact) mass is 1010 g/mol. The fraction of sp³-hybridized carbons (Fsp3) is 0.290. The average molecular weight is 1020 g/mol. The zero-order valence-corrected chi connectivity index (χ0v) is 41.7. The molecule has 2 saturated heterocycles. The van der Waals surface area contributed by atoms with Crippen molar-refractivity contribution >= 4 is 11.9 Å². The molecule has 7 aromatic rings. The maximum absolute atomic E-state index is 14.4. The zero-order chi connectivity index (χ0) is 51.4. The van der Waals surface area contributed by atoms with Crippen molar-refractivity contribution in [2.45, 2.75) is 94.4 Å². The molecule has 0 aromatic heterocycles. The summed E-state index contributed by atoms with van der Waals surface area (Å²) < 4.78 is 73.8. The molecule has 2 heterocycles. The molecular formula is C62H62O13. The van der Waals surface area contributed by atoms with Gasteiger partial charge in [0.2, 0.25) is 0 Å². The Morgan fingerprint density at radius 2 is 0.693 bits per heavy atom. The van der Waals surface area contributed by atoms with Crippen molar-refractivity contribution in [2.24, 2.45) is 0 Å². The standard InChI is InChI=1S/C62H62O13/c1-65-61-58(74-60(64)50-35-21-8-22-36-50)56(73-59(63)49-33-19-7-20-34-49)54(52(71-61)43-67-38-45-25-11-3-12-26-45)75-62-57(70-41-48-31-17-6-18-32-48)55(69-40-47-29-15-5-16-30-47)53(68-39-46-27-13-4-14-28-46)51(72-62)42-66-37-44-23-9-2-10-24-44/h2-36,51-58,61-62H,37-43H2,1H3/t51-,52-,53-,54-,55+,56+,57+,58-,61+,62-/m1/s1. The number of ether oxygens (including phenoxy) is 11. The summed E-state index contributed by atoms with van der Waals surface area (Å²) in [5.41, 5.74) is 5.13. The van der Waals surface area contributed by atoms with E-state index in [4.69, 9.17) is 52.1 Å². The number of esters is 2. The highest BCUT2D eigenvalue weighted by atomic mass is 16.8. The fourth-order valence-corrected chi connectivity index (χ4v) is 9.04. The molecule has 0 unspecified atom stereocenters. The van der Waals surface area contributed by atoms with Gasteiger partial charge in [0.1, 0.15) is 36.6 Å². The first-order chi connectivity index (χ1) is 37.0. The molecular weight excluding hydrogens is 953 g/mol. The Morgan fingerprint density at radius 1 is 0.360 bits per heavy atom. The van der Waals surface area contributed by atoms with E-state index in [1.54, 1.807) is 60.7 Å². The van der Waals surface area contributed by atoms with E-state index >= 15 is 0 Å². The van der Waals surface area contributed by atoms with Crippen molar-refractivity contribution in [1.29, 1.82) is 0 Å². The van der Waals surface area contributed by atoms with Crippen LogP contribution in [-0.4, -0.2) is 93.7 Å². The molecule has 388 valence electrons. The Labute approximate surface area is 438 Å². The minimum atomic E-state index is -1.39. The molecule has 7 aromatic carbocycles. The van der Waals surface area contributed by atoms with Crippen LogP contribution in [0.1, 0.15) is 48.5 Å². The molecule has 2 fully saturated rings. The Bertz CT molecular complexity index is 2740. The number of hydrogen-bond acceptors (Lipinski definition) is 13. The van der Waals surface area contributed by atoms with Crippen molar-refractivity contribution in [3.8, 4) is 0 Å². The van der Waals surface area contributed by atoms with Gasteiger partial charge in [-0.2, -0.15) is 0 Å². The lowest BCUT2D eigenvalue weighted by atomic mass is 9.95. The van der Waals surface area contributed by atoms with Crippen LogP contribution in [0.25, 0.3) is 0 Å². The Hall–Kier alpha value is -6.88. The van der Waals surface area contributed by atoms with Crippen molar-refractivity contribution in [3.05, 3.63) is 251 Å². The van der Waals surface area contributed by atoms with Crippen LogP contribution in [0.5, 0.6) is 0 Å². The summed E-state index contributed by atoms with van der Waals surface area (Å²) in [5, 5.41) is 0. The molecule has 0 amide bonds. The summed E-state index contributed by atoms with van der Waals surface area (Å²) in [7, 11) is 1.43. The summed E-state index contributed by atoms with van der Waals surface area (Å²) >= 11 is 0. The largest absolute Gasteiger partial charge is 0.452 e. The highest BCUT2D eigenvalue weighted by molar-refractivity contribution is 5.90. The van der Waals surface area contributed by atoms with Gasteiger partial charge in [-0.05, 0) is 52.1 Å². The minimum Gasteiger partial charge on any atom is -0.452 e. The second-order valence-corrected chi connectivity index (χ2v) is 18.2. The van der Waals surface area contributed by atoms with E-state index in [0.29, 0.717) is 0 Å². The van der Waals surface area contributed by atoms with Gasteiger partial charge >= 0.3 is 11.9 Å². The van der Waals surface area contributed by atoms with Gasteiger partial charge in [-0.3, -0.25) is 0 Å². The molecule has 0 bridgehead atoms. The molecule has 0 spiro atoms. The van der Waals surface area contributed by atoms with Crippen molar-refractivity contribution in [3.63, 3.8) is 0 Å². The van der Waals surface area contributed by atoms with Crippen LogP contribution >= 0.6 is 0 Å². The third-order valence-electron chi connectivity index (χ3n) is 12.9. The van der Waals surface area contributed by atoms with E-state index in [1.165, 1.54) is 7.11 Å². The predicted octanol–water partition coefficient (Wildman–Crippen LogP) is 10.1. The van der Waals surface area contributed by atoms with E-state index in [2.05, 4.69) is 0 Å². The summed E-state index contributed by atoms with van der Waals surface area (Å²) in [6.45, 7) is 0.980. The molecule has 75 heavy (non-hydrogen) atoms. The van der Waals surface area contributed by atoms with Crippen LogP contribution in [0.15, 0.2) is 212 Å². The number of benzene rings is 7. The van der Waals surface area contributed by atoms with Gasteiger partial charge < -0.3 is 52.1 Å². The van der Waals surface area contributed by atoms with Crippen LogP contribution in [0.2, 0.25) is 0 Å². The smallest absolute Gasteiger partial charge is 0.338 e. The summed E-state index contributed by atoms with van der Waals surface area (Å²) in [6, 6.07) is 66.0. The van der Waals surface area contributed by atoms with Gasteiger partial charge in [0.05, 0.1) is 57.4 Å². The molecule has 13 heteroatoms. The molecule has 0 aliphatic carbocycles. The van der Waals surface area contributed by atoms with Gasteiger partial charge in [0.25, 0.3) is 0 Å². The van der Waals surface area contributed by atoms with E-state index in [0.717, 1.165) is 27.8 Å². The first-order valence-electron chi connectivity index (χ1n) is 25.2. The van der Waals surface area contributed by atoms with Crippen LogP contribution < -0.4 is 0 Å². The van der Waals surface area contributed by atoms with Gasteiger partial charge in [-0.15, -0.1) is 0 Å². The van der Waals surface area contributed by atoms with Crippen molar-refractivity contribution in [2.75, 3.05) is 20.3 Å². The predicted molar refractivity (Wildman–Crippen MR) is 278 cm³/mol. The third kappa shape index (κ3) is 14.9. The van der Waals surface area contributed by atoms with Gasteiger partial charge in [0, 0.05) is 7.11 Å². The second kappa shape index (κ2) is 27.6. The quantitative estimate of drug-likeness (QED) is 0.0532. The topological polar surface area (TPSA) is 136 Å². The van der Waals surface area contributed by atoms with E-state index < -0.39 is 73.4 Å². The molecule has 0 saturated carbocycles. The number of carbonyl (C=O) groups is 2. The van der Waals surface area contributed by atoms with Gasteiger partial charge in [-0.1, -0.05) is 188 Å². The van der Waals surface area contributed by atoms with Crippen molar-refractivity contribution in [1.82, 2.24) is 0 Å². The molecule has 0 N–H and O–H groups in total. The van der Waals surface area contributed by atoms with Gasteiger partial charge in [0.15, 0.2) is 24.8 Å². The lowest BCUT2D eigenvalue weighted by molar-refractivity contribution is -0.368. The minimum absolute atomic E-state index is 0.0467. The molecule has 2 aliphatic heterocycles. The number of rotatable bonds is 24. The average Bonchev–Trinajstić information content (AvgIpc) is 3.47. The van der Waals surface area contributed by atoms with E-state index in [9.17, 15) is 9.59 Å².